The molecule has 24 heavy (non-hydrogen) atoms. The number of rotatable bonds is 5. The van der Waals surface area contributed by atoms with Gasteiger partial charge in [0.2, 0.25) is 0 Å². The van der Waals surface area contributed by atoms with E-state index in [9.17, 15) is 4.79 Å². The van der Waals surface area contributed by atoms with Crippen molar-refractivity contribution in [2.45, 2.75) is 10.1 Å². The first kappa shape index (κ1) is 17.0. The van der Waals surface area contributed by atoms with Gasteiger partial charge in [0.25, 0.3) is 0 Å². The molecule has 0 bridgehead atoms. The van der Waals surface area contributed by atoms with Crippen molar-refractivity contribution in [2.75, 3.05) is 0 Å². The van der Waals surface area contributed by atoms with Crippen LogP contribution in [0.25, 0.3) is 0 Å². The summed E-state index contributed by atoms with van der Waals surface area (Å²) in [5.74, 6) is -0.0406. The van der Waals surface area contributed by atoms with Crippen molar-refractivity contribution in [3.63, 3.8) is 0 Å². The van der Waals surface area contributed by atoms with Gasteiger partial charge in [-0.25, -0.2) is 0 Å². The molecule has 1 heterocycles. The van der Waals surface area contributed by atoms with Gasteiger partial charge in [0, 0.05) is 32.9 Å². The summed E-state index contributed by atoms with van der Waals surface area (Å²) in [6.07, 6.45) is 3.22. The van der Waals surface area contributed by atoms with Crippen LogP contribution in [-0.2, 0) is 0 Å². The van der Waals surface area contributed by atoms with Crippen molar-refractivity contribution in [3.05, 3.63) is 94.2 Å². The molecule has 1 aromatic heterocycles. The molecule has 0 saturated heterocycles. The van der Waals surface area contributed by atoms with Crippen LogP contribution in [0, 0.1) is 0 Å². The number of carbonyl (C=O) groups is 1. The second-order valence-corrected chi connectivity index (χ2v) is 7.10. The Bertz CT molecular complexity index is 841. The highest BCUT2D eigenvalue weighted by Gasteiger charge is 2.25. The van der Waals surface area contributed by atoms with Crippen LogP contribution >= 0.6 is 35.0 Å². The summed E-state index contributed by atoms with van der Waals surface area (Å²) in [6, 6.07) is 18.5. The molecule has 0 spiro atoms. The minimum absolute atomic E-state index is 0.0406. The van der Waals surface area contributed by atoms with Crippen LogP contribution < -0.4 is 0 Å². The Kier molecular flexibility index (Phi) is 5.56. The van der Waals surface area contributed by atoms with Gasteiger partial charge >= 0.3 is 0 Å². The summed E-state index contributed by atoms with van der Waals surface area (Å²) in [6.45, 7) is 0. The quantitative estimate of drug-likeness (QED) is 0.399. The first-order chi connectivity index (χ1) is 11.6. The average molecular weight is 374 g/mol. The molecule has 120 valence electrons. The van der Waals surface area contributed by atoms with Gasteiger partial charge in [0.1, 0.15) is 0 Å². The number of carbonyl (C=O) groups excluding carboxylic acids is 1. The summed E-state index contributed by atoms with van der Waals surface area (Å²) >= 11 is 13.8. The van der Waals surface area contributed by atoms with Crippen molar-refractivity contribution in [3.8, 4) is 0 Å². The molecule has 0 aliphatic heterocycles. The largest absolute Gasteiger partial charge is 0.292 e. The Morgan fingerprint density at radius 3 is 2.46 bits per heavy atom. The zero-order valence-corrected chi connectivity index (χ0v) is 14.9. The number of hydrogen-bond donors (Lipinski definition) is 0. The molecule has 0 fully saturated rings. The van der Waals surface area contributed by atoms with Crippen molar-refractivity contribution in [2.24, 2.45) is 0 Å². The molecule has 3 aromatic rings. The molecule has 2 nitrogen and oxygen atoms in total. The zero-order valence-electron chi connectivity index (χ0n) is 12.5. The monoisotopic (exact) mass is 373 g/mol. The maximum atomic E-state index is 13.0. The summed E-state index contributed by atoms with van der Waals surface area (Å²) in [4.78, 5) is 18.1. The Balaban J connectivity index is 2.02. The lowest BCUT2D eigenvalue weighted by Gasteiger charge is -2.17. The lowest BCUT2D eigenvalue weighted by Crippen LogP contribution is -2.11. The van der Waals surface area contributed by atoms with E-state index in [2.05, 4.69) is 4.98 Å². The van der Waals surface area contributed by atoms with E-state index >= 15 is 0 Å². The first-order valence-electron chi connectivity index (χ1n) is 7.26. The summed E-state index contributed by atoms with van der Waals surface area (Å²) in [5, 5.41) is 0.551. The van der Waals surface area contributed by atoms with E-state index in [1.165, 1.54) is 11.8 Å². The number of thioether (sulfide) groups is 1. The third kappa shape index (κ3) is 3.99. The van der Waals surface area contributed by atoms with E-state index in [0.29, 0.717) is 15.6 Å². The van der Waals surface area contributed by atoms with E-state index in [1.807, 2.05) is 30.3 Å². The van der Waals surface area contributed by atoms with Crippen LogP contribution in [0.4, 0.5) is 0 Å². The second-order valence-electron chi connectivity index (χ2n) is 5.08. The molecule has 0 aliphatic carbocycles. The first-order valence-corrected chi connectivity index (χ1v) is 8.89. The number of halogens is 2. The Morgan fingerprint density at radius 2 is 1.79 bits per heavy atom. The van der Waals surface area contributed by atoms with Gasteiger partial charge in [0.15, 0.2) is 5.78 Å². The molecule has 1 unspecified atom stereocenters. The van der Waals surface area contributed by atoms with Crippen LogP contribution in [0.5, 0.6) is 0 Å². The van der Waals surface area contributed by atoms with E-state index < -0.39 is 5.25 Å². The lowest BCUT2D eigenvalue weighted by atomic mass is 10.0. The summed E-state index contributed by atoms with van der Waals surface area (Å²) in [5.41, 5.74) is 1.29. The Labute approximate surface area is 154 Å². The molecule has 0 aliphatic rings. The molecule has 3 rings (SSSR count). The molecule has 1 atom stereocenters. The average Bonchev–Trinajstić information content (AvgIpc) is 2.61. The summed E-state index contributed by atoms with van der Waals surface area (Å²) in [7, 11) is 0. The highest BCUT2D eigenvalue weighted by Crippen LogP contribution is 2.41. The van der Waals surface area contributed by atoms with Crippen molar-refractivity contribution >= 4 is 40.7 Å². The van der Waals surface area contributed by atoms with E-state index in [1.54, 1.807) is 42.7 Å². The molecular weight excluding hydrogens is 361 g/mol. The Hall–Kier alpha value is -1.81. The molecule has 2 aromatic carbocycles. The SMILES string of the molecule is O=C(c1cccnc1)C(Sc1ccccc1)c1ccc(Cl)cc1Cl. The number of pyridine rings is 1. The van der Waals surface area contributed by atoms with Gasteiger partial charge in [-0.1, -0.05) is 47.5 Å². The Morgan fingerprint density at radius 1 is 1.00 bits per heavy atom. The van der Waals surface area contributed by atoms with Gasteiger partial charge in [-0.05, 0) is 42.0 Å². The number of nitrogens with zero attached hydrogens (tertiary/aromatic N) is 1. The number of Topliss-reactive ketones (excluding diaryl/α,β-unsaturated/α-hetero) is 1. The van der Waals surface area contributed by atoms with E-state index in [-0.39, 0.29) is 5.78 Å². The third-order valence-corrected chi connectivity index (χ3v) is 5.24. The second kappa shape index (κ2) is 7.84. The van der Waals surface area contributed by atoms with Crippen molar-refractivity contribution in [1.29, 1.82) is 0 Å². The fraction of sp³-hybridized carbons (Fsp3) is 0.0526. The fourth-order valence-corrected chi connectivity index (χ4v) is 4.01. The van der Waals surface area contributed by atoms with Crippen LogP contribution in [0.3, 0.4) is 0 Å². The van der Waals surface area contributed by atoms with Crippen LogP contribution in [-0.4, -0.2) is 10.8 Å². The highest BCUT2D eigenvalue weighted by molar-refractivity contribution is 8.00. The third-order valence-electron chi connectivity index (χ3n) is 3.43. The van der Waals surface area contributed by atoms with E-state index in [0.717, 1.165) is 10.5 Å². The lowest BCUT2D eigenvalue weighted by molar-refractivity contribution is 0.0989. The minimum Gasteiger partial charge on any atom is -0.292 e. The van der Waals surface area contributed by atoms with Crippen LogP contribution in [0.1, 0.15) is 21.2 Å². The van der Waals surface area contributed by atoms with Gasteiger partial charge in [-0.2, -0.15) is 0 Å². The molecule has 0 amide bonds. The topological polar surface area (TPSA) is 30.0 Å². The molecule has 5 heteroatoms. The number of benzene rings is 2. The van der Waals surface area contributed by atoms with Gasteiger partial charge < -0.3 is 0 Å². The van der Waals surface area contributed by atoms with Gasteiger partial charge in [-0.3, -0.25) is 9.78 Å². The van der Waals surface area contributed by atoms with Crippen LogP contribution in [0.2, 0.25) is 10.0 Å². The molecular formula is C19H13Cl2NOS. The number of aromatic nitrogens is 1. The van der Waals surface area contributed by atoms with Crippen molar-refractivity contribution < 1.29 is 4.79 Å². The van der Waals surface area contributed by atoms with Gasteiger partial charge in [-0.15, -0.1) is 11.8 Å². The summed E-state index contributed by atoms with van der Waals surface area (Å²) < 4.78 is 0. The molecule has 0 N–H and O–H groups in total. The number of hydrogen-bond acceptors (Lipinski definition) is 3. The maximum absolute atomic E-state index is 13.0. The zero-order chi connectivity index (χ0) is 16.9. The standard InChI is InChI=1S/C19H13Cl2NOS/c20-14-8-9-16(17(21)11-14)19(24-15-6-2-1-3-7-15)18(23)13-5-4-10-22-12-13/h1-12,19H. The smallest absolute Gasteiger partial charge is 0.182 e. The van der Waals surface area contributed by atoms with Crippen molar-refractivity contribution in [1.82, 2.24) is 4.98 Å². The predicted octanol–water partition coefficient (Wildman–Crippen LogP) is 6.10. The minimum atomic E-state index is -0.471. The molecule has 0 saturated carbocycles. The predicted molar refractivity (Wildman–Crippen MR) is 100 cm³/mol. The normalized spacial score (nSPS) is 11.9. The maximum Gasteiger partial charge on any atom is 0.182 e. The highest BCUT2D eigenvalue weighted by atomic mass is 35.5. The fourth-order valence-electron chi connectivity index (χ4n) is 2.27. The van der Waals surface area contributed by atoms with E-state index in [4.69, 9.17) is 23.2 Å². The van der Waals surface area contributed by atoms with Gasteiger partial charge in [0.05, 0.1) is 5.25 Å². The number of ketones is 1. The molecule has 0 radical (unpaired) electrons. The van der Waals surface area contributed by atoms with Crippen LogP contribution in [0.15, 0.2) is 78.0 Å².